The van der Waals surface area contributed by atoms with Crippen LogP contribution in [0.2, 0.25) is 0 Å². The molecule has 0 bridgehead atoms. The van der Waals surface area contributed by atoms with Crippen molar-refractivity contribution in [2.75, 3.05) is 23.9 Å². The first-order valence-electron chi connectivity index (χ1n) is 5.26. The predicted octanol–water partition coefficient (Wildman–Crippen LogP) is 2.05. The van der Waals surface area contributed by atoms with Gasteiger partial charge in [0, 0.05) is 6.54 Å². The number of pyridine rings is 1. The van der Waals surface area contributed by atoms with Gasteiger partial charge in [-0.25, -0.2) is 9.37 Å². The van der Waals surface area contributed by atoms with E-state index in [9.17, 15) is 4.39 Å². The molecule has 1 fully saturated rings. The molecule has 2 unspecified atom stereocenters. The van der Waals surface area contributed by atoms with E-state index in [0.717, 1.165) is 5.82 Å². The molecule has 0 spiro atoms. The van der Waals surface area contributed by atoms with E-state index in [4.69, 9.17) is 16.3 Å². The number of hydrogen-bond donors (Lipinski definition) is 0. The minimum Gasteiger partial charge on any atom is -0.373 e. The SMILES string of the molecule is CC1COC(CCl)CN1c1ccc(F)cn1. The fourth-order valence-electron chi connectivity index (χ4n) is 1.77. The molecule has 0 amide bonds. The van der Waals surface area contributed by atoms with Crippen molar-refractivity contribution < 1.29 is 9.13 Å². The van der Waals surface area contributed by atoms with Crippen LogP contribution in [-0.2, 0) is 4.74 Å². The second kappa shape index (κ2) is 4.97. The van der Waals surface area contributed by atoms with E-state index < -0.39 is 0 Å². The van der Waals surface area contributed by atoms with Crippen LogP contribution in [0.1, 0.15) is 6.92 Å². The molecule has 1 aromatic rings. The van der Waals surface area contributed by atoms with Gasteiger partial charge < -0.3 is 9.64 Å². The maximum atomic E-state index is 12.8. The van der Waals surface area contributed by atoms with Crippen molar-refractivity contribution in [1.29, 1.82) is 0 Å². The van der Waals surface area contributed by atoms with E-state index in [1.807, 2.05) is 0 Å². The third kappa shape index (κ3) is 2.44. The monoisotopic (exact) mass is 244 g/mol. The normalized spacial score (nSPS) is 25.8. The Morgan fingerprint density at radius 3 is 3.06 bits per heavy atom. The molecule has 1 saturated heterocycles. The standard InChI is InChI=1S/C11H14ClFN2O/c1-8-7-16-10(4-12)6-15(8)11-3-2-9(13)5-14-11/h2-3,5,8,10H,4,6-7H2,1H3. The predicted molar refractivity (Wildman–Crippen MR) is 61.5 cm³/mol. The van der Waals surface area contributed by atoms with Gasteiger partial charge in [-0.15, -0.1) is 11.6 Å². The molecular weight excluding hydrogens is 231 g/mol. The summed E-state index contributed by atoms with van der Waals surface area (Å²) in [7, 11) is 0. The highest BCUT2D eigenvalue weighted by Crippen LogP contribution is 2.20. The van der Waals surface area contributed by atoms with Crippen LogP contribution in [0.25, 0.3) is 0 Å². The number of aromatic nitrogens is 1. The van der Waals surface area contributed by atoms with Gasteiger partial charge in [-0.2, -0.15) is 0 Å². The van der Waals surface area contributed by atoms with E-state index in [0.29, 0.717) is 19.0 Å². The Bertz CT molecular complexity index is 346. The number of ether oxygens (including phenoxy) is 1. The Hall–Kier alpha value is -0.870. The van der Waals surface area contributed by atoms with Gasteiger partial charge in [0.25, 0.3) is 0 Å². The van der Waals surface area contributed by atoms with E-state index in [-0.39, 0.29) is 18.0 Å². The van der Waals surface area contributed by atoms with Crippen molar-refractivity contribution in [3.63, 3.8) is 0 Å². The van der Waals surface area contributed by atoms with Gasteiger partial charge in [0.15, 0.2) is 0 Å². The van der Waals surface area contributed by atoms with Gasteiger partial charge >= 0.3 is 0 Å². The van der Waals surface area contributed by atoms with Gasteiger partial charge in [-0.3, -0.25) is 0 Å². The Morgan fingerprint density at radius 1 is 1.62 bits per heavy atom. The Labute approximate surface area is 99.2 Å². The number of anilines is 1. The van der Waals surface area contributed by atoms with Crippen molar-refractivity contribution in [2.45, 2.75) is 19.1 Å². The summed E-state index contributed by atoms with van der Waals surface area (Å²) >= 11 is 5.77. The van der Waals surface area contributed by atoms with Crippen molar-refractivity contribution in [1.82, 2.24) is 4.98 Å². The van der Waals surface area contributed by atoms with E-state index in [1.165, 1.54) is 12.3 Å². The van der Waals surface area contributed by atoms with Crippen LogP contribution in [0.3, 0.4) is 0 Å². The lowest BCUT2D eigenvalue weighted by Crippen LogP contribution is -2.49. The van der Waals surface area contributed by atoms with Gasteiger partial charge in [-0.05, 0) is 19.1 Å². The maximum Gasteiger partial charge on any atom is 0.141 e. The van der Waals surface area contributed by atoms with Crippen LogP contribution in [0.4, 0.5) is 10.2 Å². The fraction of sp³-hybridized carbons (Fsp3) is 0.545. The zero-order valence-corrected chi connectivity index (χ0v) is 9.82. The Morgan fingerprint density at radius 2 is 2.44 bits per heavy atom. The third-order valence-electron chi connectivity index (χ3n) is 2.68. The third-order valence-corrected chi connectivity index (χ3v) is 3.03. The molecular formula is C11H14ClFN2O. The number of hydrogen-bond acceptors (Lipinski definition) is 3. The molecule has 0 radical (unpaired) electrons. The minimum atomic E-state index is -0.321. The average molecular weight is 245 g/mol. The summed E-state index contributed by atoms with van der Waals surface area (Å²) in [6.45, 7) is 3.37. The lowest BCUT2D eigenvalue weighted by atomic mass is 10.2. The molecule has 2 heterocycles. The minimum absolute atomic E-state index is 0.0183. The largest absolute Gasteiger partial charge is 0.373 e. The fourth-order valence-corrected chi connectivity index (χ4v) is 1.95. The summed E-state index contributed by atoms with van der Waals surface area (Å²) < 4.78 is 18.3. The number of rotatable bonds is 2. The lowest BCUT2D eigenvalue weighted by molar-refractivity contribution is 0.0361. The topological polar surface area (TPSA) is 25.4 Å². The average Bonchev–Trinajstić information content (AvgIpc) is 2.31. The number of alkyl halides is 1. The van der Waals surface area contributed by atoms with E-state index in [1.54, 1.807) is 6.07 Å². The first-order valence-corrected chi connectivity index (χ1v) is 5.80. The molecule has 0 saturated carbocycles. The van der Waals surface area contributed by atoms with Crippen molar-refractivity contribution in [3.8, 4) is 0 Å². The van der Waals surface area contributed by atoms with Crippen LogP contribution in [0.5, 0.6) is 0 Å². The molecule has 16 heavy (non-hydrogen) atoms. The van der Waals surface area contributed by atoms with Crippen molar-refractivity contribution in [3.05, 3.63) is 24.1 Å². The smallest absolute Gasteiger partial charge is 0.141 e. The molecule has 1 aliphatic rings. The summed E-state index contributed by atoms with van der Waals surface area (Å²) in [5.74, 6) is 0.913. The molecule has 2 rings (SSSR count). The zero-order valence-electron chi connectivity index (χ0n) is 9.07. The Kier molecular flexibility index (Phi) is 3.61. The summed E-state index contributed by atoms with van der Waals surface area (Å²) in [5, 5.41) is 0. The Balaban J connectivity index is 2.14. The van der Waals surface area contributed by atoms with Gasteiger partial charge in [-0.1, -0.05) is 0 Å². The van der Waals surface area contributed by atoms with Crippen molar-refractivity contribution >= 4 is 17.4 Å². The van der Waals surface area contributed by atoms with Gasteiger partial charge in [0.2, 0.25) is 0 Å². The van der Waals surface area contributed by atoms with Crippen molar-refractivity contribution in [2.24, 2.45) is 0 Å². The molecule has 0 N–H and O–H groups in total. The number of morpholine rings is 1. The molecule has 5 heteroatoms. The van der Waals surface area contributed by atoms with Crippen LogP contribution < -0.4 is 4.90 Å². The van der Waals surface area contributed by atoms with Crippen LogP contribution >= 0.6 is 11.6 Å². The van der Waals surface area contributed by atoms with E-state index >= 15 is 0 Å². The number of nitrogens with zero attached hydrogens (tertiary/aromatic N) is 2. The summed E-state index contributed by atoms with van der Waals surface area (Å²) in [6, 6.07) is 3.33. The lowest BCUT2D eigenvalue weighted by Gasteiger charge is -2.38. The highest BCUT2D eigenvalue weighted by molar-refractivity contribution is 6.18. The van der Waals surface area contributed by atoms with Crippen LogP contribution in [-0.4, -0.2) is 36.2 Å². The summed E-state index contributed by atoms with van der Waals surface area (Å²) in [4.78, 5) is 6.17. The molecule has 2 atom stereocenters. The first-order chi connectivity index (χ1) is 7.70. The molecule has 0 aliphatic carbocycles. The number of halogens is 2. The molecule has 3 nitrogen and oxygen atoms in total. The maximum absolute atomic E-state index is 12.8. The second-order valence-electron chi connectivity index (χ2n) is 3.95. The second-order valence-corrected chi connectivity index (χ2v) is 4.25. The van der Waals surface area contributed by atoms with Gasteiger partial charge in [0.1, 0.15) is 11.6 Å². The van der Waals surface area contributed by atoms with Crippen LogP contribution in [0, 0.1) is 5.82 Å². The quantitative estimate of drug-likeness (QED) is 0.745. The highest BCUT2D eigenvalue weighted by atomic mass is 35.5. The molecule has 88 valence electrons. The van der Waals surface area contributed by atoms with Gasteiger partial charge in [0.05, 0.1) is 30.8 Å². The first kappa shape index (κ1) is 11.6. The van der Waals surface area contributed by atoms with Crippen LogP contribution in [0.15, 0.2) is 18.3 Å². The molecule has 1 aromatic heterocycles. The molecule has 0 aromatic carbocycles. The highest BCUT2D eigenvalue weighted by Gasteiger charge is 2.26. The summed E-state index contributed by atoms with van der Waals surface area (Å²) in [6.07, 6.45) is 1.25. The summed E-state index contributed by atoms with van der Waals surface area (Å²) in [5.41, 5.74) is 0. The zero-order chi connectivity index (χ0) is 11.5. The molecule has 1 aliphatic heterocycles. The van der Waals surface area contributed by atoms with E-state index in [2.05, 4.69) is 16.8 Å².